The maximum absolute atomic E-state index is 11.0. The van der Waals surface area contributed by atoms with Gasteiger partial charge in [0.05, 0.1) is 0 Å². The van der Waals surface area contributed by atoms with Gasteiger partial charge in [0.2, 0.25) is 0 Å². The Morgan fingerprint density at radius 2 is 1.38 bits per heavy atom. The molecule has 2 aromatic carbocycles. The average Bonchev–Trinajstić information content (AvgIpc) is 2.58. The predicted octanol–water partition coefficient (Wildman–Crippen LogP) is 6.13. The van der Waals surface area contributed by atoms with Crippen molar-refractivity contribution in [2.45, 2.75) is 58.3 Å². The van der Waals surface area contributed by atoms with Crippen LogP contribution in [0.3, 0.4) is 0 Å². The summed E-state index contributed by atoms with van der Waals surface area (Å²) in [7, 11) is 0. The molecule has 2 aromatic rings. The van der Waals surface area contributed by atoms with Crippen molar-refractivity contribution in [3.63, 3.8) is 0 Å². The van der Waals surface area contributed by atoms with Gasteiger partial charge < -0.3 is 4.74 Å². The van der Waals surface area contributed by atoms with Crippen molar-refractivity contribution in [3.8, 4) is 5.75 Å². The van der Waals surface area contributed by atoms with E-state index in [1.54, 1.807) is 0 Å². The molecular weight excluding hydrogens is 320 g/mol. The van der Waals surface area contributed by atoms with Crippen LogP contribution in [0.4, 0.5) is 0 Å². The maximum Gasteiger partial charge on any atom is 0.308 e. The average molecular weight is 348 g/mol. The van der Waals surface area contributed by atoms with E-state index in [1.807, 2.05) is 24.3 Å². The van der Waals surface area contributed by atoms with Crippen molar-refractivity contribution in [3.05, 3.63) is 64.7 Å². The first kappa shape index (κ1) is 18.4. The Labute approximate surface area is 156 Å². The number of fused-ring (bicyclic) bond motifs is 1. The van der Waals surface area contributed by atoms with Crippen LogP contribution in [0.1, 0.15) is 69.7 Å². The molecular formula is C24H28O2. The van der Waals surface area contributed by atoms with Crippen molar-refractivity contribution >= 4 is 18.1 Å². The lowest BCUT2D eigenvalue weighted by molar-refractivity contribution is -0.131. The van der Waals surface area contributed by atoms with E-state index in [4.69, 9.17) is 4.74 Å². The van der Waals surface area contributed by atoms with E-state index in [0.29, 0.717) is 5.75 Å². The molecule has 0 saturated carbocycles. The first-order chi connectivity index (χ1) is 12.2. The number of rotatable bonds is 3. The third kappa shape index (κ3) is 3.90. The summed E-state index contributed by atoms with van der Waals surface area (Å²) in [5.74, 6) is 0.278. The second-order valence-electron chi connectivity index (χ2n) is 8.57. The van der Waals surface area contributed by atoms with Crippen LogP contribution >= 0.6 is 0 Å². The van der Waals surface area contributed by atoms with Crippen LogP contribution in [-0.4, -0.2) is 5.97 Å². The van der Waals surface area contributed by atoms with E-state index in [2.05, 4.69) is 58.0 Å². The molecule has 0 saturated heterocycles. The van der Waals surface area contributed by atoms with Gasteiger partial charge in [-0.05, 0) is 58.1 Å². The SMILES string of the molecule is CC(=O)Oc1ccc(/C=C/c2ccc3c(c2)C(C)(C)CCC3(C)C)cc1. The van der Waals surface area contributed by atoms with Crippen LogP contribution in [0.5, 0.6) is 5.75 Å². The summed E-state index contributed by atoms with van der Waals surface area (Å²) in [6.45, 7) is 10.8. The molecule has 2 heteroatoms. The number of carbonyl (C=O) groups excluding carboxylic acids is 1. The number of hydrogen-bond donors (Lipinski definition) is 0. The van der Waals surface area contributed by atoms with E-state index < -0.39 is 0 Å². The minimum Gasteiger partial charge on any atom is -0.427 e. The molecule has 0 fully saturated rings. The summed E-state index contributed by atoms with van der Waals surface area (Å²) in [4.78, 5) is 11.0. The molecule has 0 atom stereocenters. The molecule has 0 unspecified atom stereocenters. The Hall–Kier alpha value is -2.35. The summed E-state index contributed by atoms with van der Waals surface area (Å²) in [6.07, 6.45) is 6.70. The van der Waals surface area contributed by atoms with Gasteiger partial charge >= 0.3 is 5.97 Å². The van der Waals surface area contributed by atoms with Crippen LogP contribution in [0.25, 0.3) is 12.2 Å². The standard InChI is InChI=1S/C24H28O2/c1-17(25)26-20-11-8-18(9-12-20)6-7-19-10-13-21-22(16-19)24(4,5)15-14-23(21,2)3/h6-13,16H,14-15H2,1-5H3/b7-6+. The molecule has 0 N–H and O–H groups in total. The van der Waals surface area contributed by atoms with Crippen LogP contribution in [-0.2, 0) is 15.6 Å². The molecule has 1 aliphatic rings. The van der Waals surface area contributed by atoms with Gasteiger partial charge in [0.1, 0.15) is 5.75 Å². The molecule has 0 heterocycles. The van der Waals surface area contributed by atoms with Gasteiger partial charge in [-0.2, -0.15) is 0 Å². The Morgan fingerprint density at radius 3 is 2.00 bits per heavy atom. The second-order valence-corrected chi connectivity index (χ2v) is 8.57. The van der Waals surface area contributed by atoms with Crippen molar-refractivity contribution in [2.24, 2.45) is 0 Å². The van der Waals surface area contributed by atoms with Gasteiger partial charge in [0.15, 0.2) is 0 Å². The lowest BCUT2D eigenvalue weighted by Crippen LogP contribution is -2.33. The molecule has 0 aliphatic heterocycles. The quantitative estimate of drug-likeness (QED) is 0.379. The number of carbonyl (C=O) groups is 1. The number of hydrogen-bond acceptors (Lipinski definition) is 2. The van der Waals surface area contributed by atoms with E-state index in [-0.39, 0.29) is 16.8 Å². The Kier molecular flexibility index (Phi) is 4.79. The van der Waals surface area contributed by atoms with Gasteiger partial charge in [-0.25, -0.2) is 0 Å². The molecule has 1 aliphatic carbocycles. The summed E-state index contributed by atoms with van der Waals surface area (Å²) in [6, 6.07) is 14.4. The predicted molar refractivity (Wildman–Crippen MR) is 108 cm³/mol. The molecule has 136 valence electrons. The van der Waals surface area contributed by atoms with Gasteiger partial charge in [-0.3, -0.25) is 4.79 Å². The summed E-state index contributed by atoms with van der Waals surface area (Å²) in [5, 5.41) is 0. The van der Waals surface area contributed by atoms with Crippen molar-refractivity contribution in [1.29, 1.82) is 0 Å². The summed E-state index contributed by atoms with van der Waals surface area (Å²) < 4.78 is 5.07. The molecule has 0 aromatic heterocycles. The zero-order chi connectivity index (χ0) is 18.9. The summed E-state index contributed by atoms with van der Waals surface area (Å²) >= 11 is 0. The van der Waals surface area contributed by atoms with Crippen LogP contribution in [0, 0.1) is 0 Å². The van der Waals surface area contributed by atoms with Crippen molar-refractivity contribution < 1.29 is 9.53 Å². The van der Waals surface area contributed by atoms with E-state index >= 15 is 0 Å². The van der Waals surface area contributed by atoms with E-state index in [1.165, 1.54) is 36.5 Å². The number of benzene rings is 2. The summed E-state index contributed by atoms with van der Waals surface area (Å²) in [5.41, 5.74) is 5.73. The molecule has 2 nitrogen and oxygen atoms in total. The Morgan fingerprint density at radius 1 is 0.846 bits per heavy atom. The monoisotopic (exact) mass is 348 g/mol. The highest BCUT2D eigenvalue weighted by molar-refractivity contribution is 5.72. The highest BCUT2D eigenvalue weighted by Gasteiger charge is 2.36. The van der Waals surface area contributed by atoms with Gasteiger partial charge in [0.25, 0.3) is 0 Å². The molecule has 0 radical (unpaired) electrons. The van der Waals surface area contributed by atoms with Crippen molar-refractivity contribution in [2.75, 3.05) is 0 Å². The minimum atomic E-state index is -0.298. The highest BCUT2D eigenvalue weighted by atomic mass is 16.5. The topological polar surface area (TPSA) is 26.3 Å². The fraction of sp³-hybridized carbons (Fsp3) is 0.375. The first-order valence-corrected chi connectivity index (χ1v) is 9.29. The molecule has 0 amide bonds. The van der Waals surface area contributed by atoms with Gasteiger partial charge in [-0.1, -0.05) is 70.2 Å². The fourth-order valence-electron chi connectivity index (χ4n) is 3.72. The largest absolute Gasteiger partial charge is 0.427 e. The molecule has 3 rings (SSSR count). The van der Waals surface area contributed by atoms with Gasteiger partial charge in [0, 0.05) is 6.92 Å². The number of ether oxygens (including phenoxy) is 1. The van der Waals surface area contributed by atoms with Crippen molar-refractivity contribution in [1.82, 2.24) is 0 Å². The normalized spacial score (nSPS) is 17.7. The smallest absolute Gasteiger partial charge is 0.308 e. The Bertz CT molecular complexity index is 839. The van der Waals surface area contributed by atoms with Gasteiger partial charge in [-0.15, -0.1) is 0 Å². The molecule has 0 spiro atoms. The van der Waals surface area contributed by atoms with E-state index in [0.717, 1.165) is 5.56 Å². The second kappa shape index (κ2) is 6.75. The molecule has 26 heavy (non-hydrogen) atoms. The fourth-order valence-corrected chi connectivity index (χ4v) is 3.72. The highest BCUT2D eigenvalue weighted by Crippen LogP contribution is 2.46. The van der Waals surface area contributed by atoms with Crippen LogP contribution < -0.4 is 4.74 Å². The zero-order valence-electron chi connectivity index (χ0n) is 16.4. The molecule has 0 bridgehead atoms. The number of esters is 1. The van der Waals surface area contributed by atoms with Crippen LogP contribution in [0.15, 0.2) is 42.5 Å². The minimum absolute atomic E-state index is 0.223. The lowest BCUT2D eigenvalue weighted by Gasteiger charge is -2.42. The Balaban J connectivity index is 1.85. The lowest BCUT2D eigenvalue weighted by atomic mass is 9.63. The third-order valence-electron chi connectivity index (χ3n) is 5.49. The van der Waals surface area contributed by atoms with Crippen LogP contribution in [0.2, 0.25) is 0 Å². The zero-order valence-corrected chi connectivity index (χ0v) is 16.4. The van der Waals surface area contributed by atoms with E-state index in [9.17, 15) is 4.79 Å². The third-order valence-corrected chi connectivity index (χ3v) is 5.49. The first-order valence-electron chi connectivity index (χ1n) is 9.29. The maximum atomic E-state index is 11.0.